The molecule has 3 heterocycles. The molecular formula is C20H34N4O3. The Balaban J connectivity index is 1.39. The molecule has 2 fully saturated rings. The van der Waals surface area contributed by atoms with Gasteiger partial charge in [0.05, 0.1) is 25.0 Å². The summed E-state index contributed by atoms with van der Waals surface area (Å²) in [7, 11) is 1.81. The first-order chi connectivity index (χ1) is 13.4. The smallest absolute Gasteiger partial charge is 0.191 e. The van der Waals surface area contributed by atoms with E-state index in [2.05, 4.69) is 26.6 Å². The van der Waals surface area contributed by atoms with Crippen LogP contribution in [0.25, 0.3) is 0 Å². The topological polar surface area (TPSA) is 71.3 Å². The van der Waals surface area contributed by atoms with E-state index in [-0.39, 0.29) is 12.1 Å². The number of guanidine groups is 1. The van der Waals surface area contributed by atoms with Crippen LogP contribution in [0, 0.1) is 0 Å². The standard InChI is InChI=1S/C20H34N4O3/c1-21-20(22-9-6-13-26-17-8-14-25-16-17)23-15-18(19-7-5-12-27-19)24-10-3-2-4-11-24/h5,7,12,17-18H,2-4,6,8-11,13-16H2,1H3,(H2,21,22,23). The van der Waals surface area contributed by atoms with Crippen molar-refractivity contribution in [2.45, 2.75) is 44.2 Å². The fourth-order valence-corrected chi connectivity index (χ4v) is 3.71. The summed E-state index contributed by atoms with van der Waals surface area (Å²) < 4.78 is 16.8. The van der Waals surface area contributed by atoms with Gasteiger partial charge in [-0.25, -0.2) is 0 Å². The summed E-state index contributed by atoms with van der Waals surface area (Å²) in [6, 6.07) is 4.28. The van der Waals surface area contributed by atoms with Crippen LogP contribution in [-0.2, 0) is 9.47 Å². The molecule has 2 aliphatic heterocycles. The van der Waals surface area contributed by atoms with Crippen LogP contribution in [0.2, 0.25) is 0 Å². The van der Waals surface area contributed by atoms with Gasteiger partial charge in [0.25, 0.3) is 0 Å². The van der Waals surface area contributed by atoms with Crippen molar-refractivity contribution in [3.8, 4) is 0 Å². The third-order valence-corrected chi connectivity index (χ3v) is 5.24. The number of nitrogens with one attached hydrogen (secondary N) is 2. The molecule has 0 saturated carbocycles. The number of hydrogen-bond acceptors (Lipinski definition) is 5. The Morgan fingerprint density at radius 2 is 2.22 bits per heavy atom. The van der Waals surface area contributed by atoms with Crippen LogP contribution in [0.4, 0.5) is 0 Å². The van der Waals surface area contributed by atoms with Crippen molar-refractivity contribution < 1.29 is 13.9 Å². The van der Waals surface area contributed by atoms with Gasteiger partial charge >= 0.3 is 0 Å². The first-order valence-corrected chi connectivity index (χ1v) is 10.3. The number of rotatable bonds is 9. The summed E-state index contributed by atoms with van der Waals surface area (Å²) in [6.45, 7) is 6.18. The molecule has 2 N–H and O–H groups in total. The van der Waals surface area contributed by atoms with Crippen molar-refractivity contribution in [2.24, 2.45) is 4.99 Å². The number of likely N-dealkylation sites (tertiary alicyclic amines) is 1. The fourth-order valence-electron chi connectivity index (χ4n) is 3.71. The van der Waals surface area contributed by atoms with Crippen molar-refractivity contribution >= 4 is 5.96 Å². The van der Waals surface area contributed by atoms with Gasteiger partial charge in [-0.15, -0.1) is 0 Å². The van der Waals surface area contributed by atoms with Crippen molar-refractivity contribution in [3.63, 3.8) is 0 Å². The molecule has 0 aliphatic carbocycles. The van der Waals surface area contributed by atoms with Gasteiger partial charge in [0, 0.05) is 33.4 Å². The van der Waals surface area contributed by atoms with E-state index in [4.69, 9.17) is 13.9 Å². The number of piperidine rings is 1. The maximum absolute atomic E-state index is 5.80. The molecule has 0 bridgehead atoms. The van der Waals surface area contributed by atoms with E-state index in [0.717, 1.165) is 70.6 Å². The normalized spacial score (nSPS) is 22.7. The maximum atomic E-state index is 5.80. The van der Waals surface area contributed by atoms with Crippen LogP contribution >= 0.6 is 0 Å². The second-order valence-electron chi connectivity index (χ2n) is 7.22. The molecule has 2 saturated heterocycles. The molecule has 0 spiro atoms. The number of hydrogen-bond donors (Lipinski definition) is 2. The molecule has 7 heteroatoms. The van der Waals surface area contributed by atoms with E-state index in [9.17, 15) is 0 Å². The molecule has 7 nitrogen and oxygen atoms in total. The highest BCUT2D eigenvalue weighted by atomic mass is 16.5. The highest BCUT2D eigenvalue weighted by Gasteiger charge is 2.24. The van der Waals surface area contributed by atoms with Crippen molar-refractivity contribution in [3.05, 3.63) is 24.2 Å². The van der Waals surface area contributed by atoms with E-state index >= 15 is 0 Å². The molecular weight excluding hydrogens is 344 g/mol. The van der Waals surface area contributed by atoms with Crippen LogP contribution in [0.3, 0.4) is 0 Å². The van der Waals surface area contributed by atoms with Crippen LogP contribution in [-0.4, -0.2) is 70.0 Å². The molecule has 0 amide bonds. The van der Waals surface area contributed by atoms with Crippen molar-refractivity contribution in [1.82, 2.24) is 15.5 Å². The van der Waals surface area contributed by atoms with E-state index < -0.39 is 0 Å². The van der Waals surface area contributed by atoms with Gasteiger partial charge in [0.15, 0.2) is 5.96 Å². The van der Waals surface area contributed by atoms with Crippen molar-refractivity contribution in [1.29, 1.82) is 0 Å². The Morgan fingerprint density at radius 3 is 2.93 bits per heavy atom. The highest BCUT2D eigenvalue weighted by Crippen LogP contribution is 2.24. The van der Waals surface area contributed by atoms with Crippen LogP contribution in [0.1, 0.15) is 43.9 Å². The first-order valence-electron chi connectivity index (χ1n) is 10.3. The Morgan fingerprint density at radius 1 is 1.33 bits per heavy atom. The molecule has 0 aromatic carbocycles. The van der Waals surface area contributed by atoms with Gasteiger partial charge < -0.3 is 24.5 Å². The monoisotopic (exact) mass is 378 g/mol. The van der Waals surface area contributed by atoms with Gasteiger partial charge in [-0.1, -0.05) is 6.42 Å². The minimum absolute atomic E-state index is 0.240. The summed E-state index contributed by atoms with van der Waals surface area (Å²) in [4.78, 5) is 6.86. The predicted octanol–water partition coefficient (Wildman–Crippen LogP) is 2.17. The van der Waals surface area contributed by atoms with Crippen LogP contribution in [0.15, 0.2) is 27.8 Å². The van der Waals surface area contributed by atoms with E-state index in [1.165, 1.54) is 19.3 Å². The molecule has 0 radical (unpaired) electrons. The summed E-state index contributed by atoms with van der Waals surface area (Å²) in [5, 5.41) is 6.84. The van der Waals surface area contributed by atoms with E-state index in [0.29, 0.717) is 0 Å². The molecule has 1 aromatic rings. The minimum Gasteiger partial charge on any atom is -0.468 e. The zero-order chi connectivity index (χ0) is 18.7. The summed E-state index contributed by atoms with van der Waals surface area (Å²) >= 11 is 0. The SMILES string of the molecule is CN=C(NCCCOC1CCOC1)NCC(c1ccco1)N1CCCCC1. The molecule has 2 unspecified atom stereocenters. The number of furan rings is 1. The molecule has 2 atom stereocenters. The van der Waals surface area contributed by atoms with Gasteiger partial charge in [-0.05, 0) is 50.9 Å². The average Bonchev–Trinajstić information content (AvgIpc) is 3.41. The van der Waals surface area contributed by atoms with Crippen LogP contribution < -0.4 is 10.6 Å². The lowest BCUT2D eigenvalue weighted by Crippen LogP contribution is -2.44. The lowest BCUT2D eigenvalue weighted by molar-refractivity contribution is 0.0420. The van der Waals surface area contributed by atoms with Gasteiger partial charge in [-0.3, -0.25) is 9.89 Å². The lowest BCUT2D eigenvalue weighted by Gasteiger charge is -2.33. The lowest BCUT2D eigenvalue weighted by atomic mass is 10.1. The average molecular weight is 379 g/mol. The largest absolute Gasteiger partial charge is 0.468 e. The van der Waals surface area contributed by atoms with Crippen molar-refractivity contribution in [2.75, 3.05) is 53.0 Å². The zero-order valence-electron chi connectivity index (χ0n) is 16.5. The third-order valence-electron chi connectivity index (χ3n) is 5.24. The Labute approximate surface area is 162 Å². The quantitative estimate of drug-likeness (QED) is 0.390. The molecule has 152 valence electrons. The Kier molecular flexibility index (Phi) is 8.45. The van der Waals surface area contributed by atoms with Gasteiger partial charge in [0.2, 0.25) is 0 Å². The van der Waals surface area contributed by atoms with Crippen LogP contribution in [0.5, 0.6) is 0 Å². The second-order valence-corrected chi connectivity index (χ2v) is 7.22. The Hall–Kier alpha value is -1.57. The Bertz CT molecular complexity index is 537. The summed E-state index contributed by atoms with van der Waals surface area (Å²) in [5.41, 5.74) is 0. The predicted molar refractivity (Wildman–Crippen MR) is 106 cm³/mol. The third kappa shape index (κ3) is 6.52. The molecule has 1 aromatic heterocycles. The first kappa shape index (κ1) is 20.2. The minimum atomic E-state index is 0.240. The van der Waals surface area contributed by atoms with E-state index in [1.54, 1.807) is 6.26 Å². The highest BCUT2D eigenvalue weighted by molar-refractivity contribution is 5.79. The maximum Gasteiger partial charge on any atom is 0.191 e. The summed E-state index contributed by atoms with van der Waals surface area (Å²) in [6.07, 6.45) is 7.85. The molecule has 27 heavy (non-hydrogen) atoms. The zero-order valence-corrected chi connectivity index (χ0v) is 16.5. The molecule has 2 aliphatic rings. The van der Waals surface area contributed by atoms with Gasteiger partial charge in [0.1, 0.15) is 5.76 Å². The van der Waals surface area contributed by atoms with Gasteiger partial charge in [-0.2, -0.15) is 0 Å². The fraction of sp³-hybridized carbons (Fsp3) is 0.750. The number of nitrogens with zero attached hydrogens (tertiary/aromatic N) is 2. The number of ether oxygens (including phenoxy) is 2. The summed E-state index contributed by atoms with van der Waals surface area (Å²) in [5.74, 6) is 1.85. The number of aliphatic imine (C=N–C) groups is 1. The second kappa shape index (κ2) is 11.3. The van der Waals surface area contributed by atoms with E-state index in [1.807, 2.05) is 13.1 Å². The molecule has 3 rings (SSSR count).